The Kier molecular flexibility index (Phi) is 6.33. The van der Waals surface area contributed by atoms with Crippen molar-refractivity contribution in [2.24, 2.45) is 5.41 Å². The topological polar surface area (TPSA) is 88.1 Å². The molecule has 0 aromatic heterocycles. The van der Waals surface area contributed by atoms with Gasteiger partial charge in [0.25, 0.3) is 0 Å². The van der Waals surface area contributed by atoms with Crippen molar-refractivity contribution in [3.63, 3.8) is 0 Å². The molecule has 1 aliphatic heterocycles. The van der Waals surface area contributed by atoms with Crippen LogP contribution in [0.3, 0.4) is 0 Å². The molecule has 0 radical (unpaired) electrons. The van der Waals surface area contributed by atoms with E-state index in [1.807, 2.05) is 66.7 Å². The first-order valence-corrected chi connectivity index (χ1v) is 12.0. The lowest BCUT2D eigenvalue weighted by molar-refractivity contribution is -0.168. The zero-order chi connectivity index (χ0) is 26.2. The molecule has 3 aliphatic rings. The van der Waals surface area contributed by atoms with Crippen molar-refractivity contribution in [2.45, 2.75) is 18.3 Å². The molecule has 37 heavy (non-hydrogen) atoms. The fraction of sp³-hybridized carbons (Fsp3) is 0.300. The van der Waals surface area contributed by atoms with Crippen molar-refractivity contribution in [3.05, 3.63) is 100 Å². The Hall–Kier alpha value is -3.97. The molecule has 0 fully saturated rings. The Bertz CT molecular complexity index is 1330. The summed E-state index contributed by atoms with van der Waals surface area (Å²) in [5, 5.41) is 0. The fourth-order valence-electron chi connectivity index (χ4n) is 5.93. The second-order valence-electron chi connectivity index (χ2n) is 9.42. The van der Waals surface area contributed by atoms with E-state index in [1.54, 1.807) is 0 Å². The summed E-state index contributed by atoms with van der Waals surface area (Å²) in [6.07, 6.45) is 1.90. The lowest BCUT2D eigenvalue weighted by atomic mass is 9.69. The van der Waals surface area contributed by atoms with E-state index in [4.69, 9.17) is 18.9 Å². The van der Waals surface area contributed by atoms with Crippen molar-refractivity contribution in [1.82, 2.24) is 0 Å². The van der Waals surface area contributed by atoms with Gasteiger partial charge in [0.2, 0.25) is 0 Å². The molecule has 0 amide bonds. The minimum absolute atomic E-state index is 0.0331. The lowest BCUT2D eigenvalue weighted by Gasteiger charge is -2.33. The molecular weight excluding hydrogens is 472 g/mol. The van der Waals surface area contributed by atoms with Gasteiger partial charge < -0.3 is 18.9 Å². The maximum atomic E-state index is 14.0. The third-order valence-corrected chi connectivity index (χ3v) is 7.68. The molecule has 1 heterocycles. The number of carbonyl (C=O) groups is 3. The quantitative estimate of drug-likeness (QED) is 0.349. The van der Waals surface area contributed by atoms with Gasteiger partial charge in [-0.15, -0.1) is 0 Å². The van der Waals surface area contributed by atoms with Crippen LogP contribution in [0.25, 0.3) is 5.57 Å². The highest BCUT2D eigenvalue weighted by Crippen LogP contribution is 2.57. The first-order chi connectivity index (χ1) is 17.9. The largest absolute Gasteiger partial charge is 0.468 e. The van der Waals surface area contributed by atoms with E-state index in [0.717, 1.165) is 27.9 Å². The molecule has 190 valence electrons. The van der Waals surface area contributed by atoms with E-state index < -0.39 is 28.7 Å². The van der Waals surface area contributed by atoms with E-state index >= 15 is 0 Å². The third kappa shape index (κ3) is 3.64. The Morgan fingerprint density at radius 2 is 1.27 bits per heavy atom. The van der Waals surface area contributed by atoms with Crippen LogP contribution in [0.5, 0.6) is 0 Å². The fourth-order valence-corrected chi connectivity index (χ4v) is 5.93. The van der Waals surface area contributed by atoms with Gasteiger partial charge in [-0.05, 0) is 51.8 Å². The number of rotatable bonds is 5. The molecule has 1 unspecified atom stereocenters. The van der Waals surface area contributed by atoms with Crippen LogP contribution < -0.4 is 0 Å². The minimum Gasteiger partial charge on any atom is -0.468 e. The van der Waals surface area contributed by atoms with Gasteiger partial charge in [-0.2, -0.15) is 0 Å². The van der Waals surface area contributed by atoms with Gasteiger partial charge in [-0.25, -0.2) is 0 Å². The van der Waals surface area contributed by atoms with E-state index in [1.165, 1.54) is 21.3 Å². The highest BCUT2D eigenvalue weighted by molar-refractivity contribution is 6.04. The first kappa shape index (κ1) is 24.7. The highest BCUT2D eigenvalue weighted by atomic mass is 16.5. The van der Waals surface area contributed by atoms with Gasteiger partial charge in [-0.1, -0.05) is 66.7 Å². The molecular formula is C30H28O7. The summed E-state index contributed by atoms with van der Waals surface area (Å²) in [6, 6.07) is 19.1. The Balaban J connectivity index is 1.86. The van der Waals surface area contributed by atoms with Crippen molar-refractivity contribution >= 4 is 23.5 Å². The van der Waals surface area contributed by atoms with Crippen molar-refractivity contribution in [1.29, 1.82) is 0 Å². The number of carbonyl (C=O) groups excluding carboxylic acids is 3. The van der Waals surface area contributed by atoms with Crippen LogP contribution in [0.4, 0.5) is 0 Å². The van der Waals surface area contributed by atoms with E-state index in [-0.39, 0.29) is 12.8 Å². The third-order valence-electron chi connectivity index (χ3n) is 7.68. The minimum atomic E-state index is -1.62. The standard InChI is InChI=1S/C30H28O7/c1-34-26(31)29(27(32)35-2)14-22-24-18-37-17-23(24)21(19-10-6-4-7-11-19)15-30(25(22)16-29,28(33)36-3)20-12-8-5-9-13-20/h4-13,15H,14,16-18H2,1-3H3. The summed E-state index contributed by atoms with van der Waals surface area (Å²) in [4.78, 5) is 40.4. The second-order valence-corrected chi connectivity index (χ2v) is 9.42. The highest BCUT2D eigenvalue weighted by Gasteiger charge is 2.60. The molecule has 1 atom stereocenters. The number of esters is 3. The van der Waals surface area contributed by atoms with Crippen LogP contribution in [0.15, 0.2) is 89.0 Å². The number of fused-ring (bicyclic) bond motifs is 1. The molecule has 2 aliphatic carbocycles. The van der Waals surface area contributed by atoms with Crippen molar-refractivity contribution in [3.8, 4) is 0 Å². The van der Waals surface area contributed by atoms with Crippen LogP contribution in [-0.4, -0.2) is 52.5 Å². The summed E-state index contributed by atoms with van der Waals surface area (Å²) >= 11 is 0. The number of benzene rings is 2. The summed E-state index contributed by atoms with van der Waals surface area (Å²) in [5.41, 5.74) is 2.59. The number of ether oxygens (including phenoxy) is 4. The van der Waals surface area contributed by atoms with E-state index in [0.29, 0.717) is 24.4 Å². The monoisotopic (exact) mass is 500 g/mol. The van der Waals surface area contributed by atoms with Gasteiger partial charge in [0.15, 0.2) is 5.41 Å². The predicted molar refractivity (Wildman–Crippen MR) is 135 cm³/mol. The molecule has 5 rings (SSSR count). The molecule has 7 heteroatoms. The number of hydrogen-bond acceptors (Lipinski definition) is 7. The average Bonchev–Trinajstić information content (AvgIpc) is 3.58. The first-order valence-electron chi connectivity index (χ1n) is 12.0. The summed E-state index contributed by atoms with van der Waals surface area (Å²) in [5.74, 6) is -1.91. The predicted octanol–water partition coefficient (Wildman–Crippen LogP) is 3.94. The van der Waals surface area contributed by atoms with Gasteiger partial charge >= 0.3 is 17.9 Å². The van der Waals surface area contributed by atoms with E-state index in [9.17, 15) is 14.4 Å². The maximum absolute atomic E-state index is 14.0. The molecule has 0 spiro atoms. The second kappa shape index (κ2) is 9.48. The van der Waals surface area contributed by atoms with Gasteiger partial charge in [-0.3, -0.25) is 14.4 Å². The van der Waals surface area contributed by atoms with E-state index in [2.05, 4.69) is 0 Å². The van der Waals surface area contributed by atoms with Gasteiger partial charge in [0.05, 0.1) is 34.5 Å². The summed E-state index contributed by atoms with van der Waals surface area (Å²) in [6.45, 7) is 0.630. The average molecular weight is 501 g/mol. The van der Waals surface area contributed by atoms with Crippen LogP contribution in [-0.2, 0) is 38.7 Å². The molecule has 2 aromatic rings. The molecule has 7 nitrogen and oxygen atoms in total. The van der Waals surface area contributed by atoms with Crippen molar-refractivity contribution < 1.29 is 33.3 Å². The summed E-state index contributed by atoms with van der Waals surface area (Å²) in [7, 11) is 3.84. The maximum Gasteiger partial charge on any atom is 0.324 e. The van der Waals surface area contributed by atoms with Gasteiger partial charge in [0, 0.05) is 0 Å². The Morgan fingerprint density at radius 3 is 1.86 bits per heavy atom. The zero-order valence-electron chi connectivity index (χ0n) is 21.0. The van der Waals surface area contributed by atoms with Crippen LogP contribution >= 0.6 is 0 Å². The Labute approximate surface area is 215 Å². The molecule has 0 saturated carbocycles. The summed E-state index contributed by atoms with van der Waals surface area (Å²) < 4.78 is 21.6. The SMILES string of the molecule is COC(=O)C1(C(=O)OC)CC2=C(C1)C(C(=O)OC)(c1ccccc1)C=C(c1ccccc1)C1=C2COC1. The smallest absolute Gasteiger partial charge is 0.324 e. The lowest BCUT2D eigenvalue weighted by Crippen LogP contribution is -2.42. The Morgan fingerprint density at radius 1 is 0.703 bits per heavy atom. The van der Waals surface area contributed by atoms with Gasteiger partial charge in [0.1, 0.15) is 5.41 Å². The normalized spacial score (nSPS) is 22.0. The zero-order valence-corrected chi connectivity index (χ0v) is 21.0. The molecule has 2 aromatic carbocycles. The van der Waals surface area contributed by atoms with Crippen LogP contribution in [0, 0.1) is 5.41 Å². The van der Waals surface area contributed by atoms with Crippen LogP contribution in [0.2, 0.25) is 0 Å². The molecule has 0 saturated heterocycles. The van der Waals surface area contributed by atoms with Crippen molar-refractivity contribution in [2.75, 3.05) is 34.5 Å². The number of methoxy groups -OCH3 is 3. The number of hydrogen-bond donors (Lipinski definition) is 0. The molecule has 0 bridgehead atoms. The molecule has 0 N–H and O–H groups in total. The van der Waals surface area contributed by atoms with Crippen LogP contribution in [0.1, 0.15) is 24.0 Å².